The number of rotatable bonds is 8. The van der Waals surface area contributed by atoms with E-state index in [2.05, 4.69) is 35.1 Å². The highest BCUT2D eigenvalue weighted by Crippen LogP contribution is 2.25. The zero-order valence-corrected chi connectivity index (χ0v) is 13.1. The third-order valence-electron chi connectivity index (χ3n) is 3.10. The van der Waals surface area contributed by atoms with Gasteiger partial charge in [-0.25, -0.2) is 0 Å². The summed E-state index contributed by atoms with van der Waals surface area (Å²) in [7, 11) is 0. The first-order chi connectivity index (χ1) is 9.04. The Morgan fingerprint density at radius 1 is 1.42 bits per heavy atom. The van der Waals surface area contributed by atoms with Crippen molar-refractivity contribution >= 4 is 21.6 Å². The molecule has 19 heavy (non-hydrogen) atoms. The van der Waals surface area contributed by atoms with Gasteiger partial charge in [-0.1, -0.05) is 32.3 Å². The van der Waals surface area contributed by atoms with E-state index in [-0.39, 0.29) is 10.6 Å². The maximum Gasteiger partial charge on any atom is 0.283 e. The second kappa shape index (κ2) is 8.27. The molecule has 0 aliphatic rings. The van der Waals surface area contributed by atoms with E-state index in [0.717, 1.165) is 12.0 Å². The zero-order valence-electron chi connectivity index (χ0n) is 11.5. The van der Waals surface area contributed by atoms with Crippen molar-refractivity contribution in [2.75, 3.05) is 0 Å². The van der Waals surface area contributed by atoms with Gasteiger partial charge in [-0.05, 0) is 40.9 Å². The van der Waals surface area contributed by atoms with Gasteiger partial charge in [-0.15, -0.1) is 0 Å². The maximum absolute atomic E-state index is 10.8. The fourth-order valence-corrected chi connectivity index (χ4v) is 2.29. The monoisotopic (exact) mass is 328 g/mol. The van der Waals surface area contributed by atoms with E-state index in [1.807, 2.05) is 6.07 Å². The average molecular weight is 329 g/mol. The van der Waals surface area contributed by atoms with E-state index < -0.39 is 0 Å². The molecular formula is C14H21BrN2O2. The smallest absolute Gasteiger partial charge is 0.283 e. The number of halogens is 1. The van der Waals surface area contributed by atoms with Crippen LogP contribution in [0.5, 0.6) is 0 Å². The molecule has 1 N–H and O–H groups in total. The van der Waals surface area contributed by atoms with Gasteiger partial charge in [0.2, 0.25) is 0 Å². The van der Waals surface area contributed by atoms with E-state index in [1.54, 1.807) is 12.1 Å². The van der Waals surface area contributed by atoms with Crippen molar-refractivity contribution in [2.45, 2.75) is 52.1 Å². The highest BCUT2D eigenvalue weighted by atomic mass is 79.9. The van der Waals surface area contributed by atoms with E-state index in [4.69, 9.17) is 0 Å². The maximum atomic E-state index is 10.8. The van der Waals surface area contributed by atoms with Crippen molar-refractivity contribution in [2.24, 2.45) is 0 Å². The number of nitrogens with one attached hydrogen (secondary N) is 1. The lowest BCUT2D eigenvalue weighted by atomic mass is 10.1. The van der Waals surface area contributed by atoms with Gasteiger partial charge in [0, 0.05) is 18.7 Å². The average Bonchev–Trinajstić information content (AvgIpc) is 2.37. The lowest BCUT2D eigenvalue weighted by Gasteiger charge is -2.13. The Morgan fingerprint density at radius 2 is 2.16 bits per heavy atom. The van der Waals surface area contributed by atoms with Crippen molar-refractivity contribution in [3.8, 4) is 0 Å². The molecule has 0 saturated carbocycles. The predicted molar refractivity (Wildman–Crippen MR) is 81.2 cm³/mol. The fourth-order valence-electron chi connectivity index (χ4n) is 1.90. The van der Waals surface area contributed by atoms with Crippen molar-refractivity contribution in [1.29, 1.82) is 0 Å². The lowest BCUT2D eigenvalue weighted by Crippen LogP contribution is -2.25. The molecular weight excluding hydrogens is 308 g/mol. The summed E-state index contributed by atoms with van der Waals surface area (Å²) in [6, 6.07) is 5.70. The van der Waals surface area contributed by atoms with Gasteiger partial charge in [0.05, 0.1) is 9.40 Å². The number of hydrogen-bond acceptors (Lipinski definition) is 3. The second-order valence-corrected chi connectivity index (χ2v) is 5.67. The highest BCUT2D eigenvalue weighted by Gasteiger charge is 2.12. The van der Waals surface area contributed by atoms with Crippen LogP contribution in [-0.4, -0.2) is 11.0 Å². The number of hydrogen-bond donors (Lipinski definition) is 1. The third-order valence-corrected chi connectivity index (χ3v) is 3.77. The molecule has 0 aliphatic heterocycles. The van der Waals surface area contributed by atoms with Crippen LogP contribution in [0.2, 0.25) is 0 Å². The van der Waals surface area contributed by atoms with Gasteiger partial charge in [0.25, 0.3) is 5.69 Å². The van der Waals surface area contributed by atoms with Crippen LogP contribution in [0.4, 0.5) is 5.69 Å². The first kappa shape index (κ1) is 16.1. The van der Waals surface area contributed by atoms with E-state index in [1.165, 1.54) is 19.3 Å². The van der Waals surface area contributed by atoms with Crippen LogP contribution < -0.4 is 5.32 Å². The molecule has 0 saturated heterocycles. The summed E-state index contributed by atoms with van der Waals surface area (Å²) in [6.45, 7) is 5.02. The highest BCUT2D eigenvalue weighted by molar-refractivity contribution is 9.10. The zero-order chi connectivity index (χ0) is 14.3. The Balaban J connectivity index is 2.49. The van der Waals surface area contributed by atoms with Crippen molar-refractivity contribution in [3.05, 3.63) is 38.3 Å². The molecule has 0 aromatic heterocycles. The quantitative estimate of drug-likeness (QED) is 0.436. The molecule has 4 nitrogen and oxygen atoms in total. The summed E-state index contributed by atoms with van der Waals surface area (Å²) in [4.78, 5) is 10.5. The molecule has 1 aromatic rings. The summed E-state index contributed by atoms with van der Waals surface area (Å²) in [6.07, 6.45) is 4.86. The second-order valence-electron chi connectivity index (χ2n) is 4.82. The van der Waals surface area contributed by atoms with E-state index >= 15 is 0 Å². The Bertz CT molecular complexity index is 424. The minimum Gasteiger partial charge on any atom is -0.310 e. The summed E-state index contributed by atoms with van der Waals surface area (Å²) in [5.41, 5.74) is 1.06. The minimum absolute atomic E-state index is 0.123. The largest absolute Gasteiger partial charge is 0.310 e. The van der Waals surface area contributed by atoms with Gasteiger partial charge >= 0.3 is 0 Å². The lowest BCUT2D eigenvalue weighted by molar-refractivity contribution is -0.385. The van der Waals surface area contributed by atoms with Gasteiger partial charge in [-0.2, -0.15) is 0 Å². The SMILES string of the molecule is CCCCCC(C)NCc1ccc(Br)c([N+](=O)[O-])c1. The van der Waals surface area contributed by atoms with Crippen molar-refractivity contribution in [1.82, 2.24) is 5.32 Å². The van der Waals surface area contributed by atoms with E-state index in [9.17, 15) is 10.1 Å². The summed E-state index contributed by atoms with van der Waals surface area (Å²) in [5.74, 6) is 0. The molecule has 0 bridgehead atoms. The molecule has 1 rings (SSSR count). The van der Waals surface area contributed by atoms with Crippen LogP contribution in [0, 0.1) is 10.1 Å². The molecule has 106 valence electrons. The Morgan fingerprint density at radius 3 is 2.79 bits per heavy atom. The van der Waals surface area contributed by atoms with Crippen LogP contribution in [0.25, 0.3) is 0 Å². The molecule has 0 heterocycles. The minimum atomic E-state index is -0.363. The van der Waals surface area contributed by atoms with E-state index in [0.29, 0.717) is 17.1 Å². The Labute approximate surface area is 122 Å². The standard InChI is InChI=1S/C14H21BrN2O2/c1-3-4-5-6-11(2)16-10-12-7-8-13(15)14(9-12)17(18)19/h7-9,11,16H,3-6,10H2,1-2H3. The molecule has 0 aliphatic carbocycles. The predicted octanol–water partition coefficient (Wildman–Crippen LogP) is 4.42. The Kier molecular flexibility index (Phi) is 7.02. The Hall–Kier alpha value is -0.940. The van der Waals surface area contributed by atoms with Crippen molar-refractivity contribution < 1.29 is 4.92 Å². The van der Waals surface area contributed by atoms with Crippen LogP contribution in [0.15, 0.2) is 22.7 Å². The van der Waals surface area contributed by atoms with Crippen LogP contribution in [-0.2, 0) is 6.54 Å². The topological polar surface area (TPSA) is 55.2 Å². The molecule has 5 heteroatoms. The van der Waals surface area contributed by atoms with Gasteiger partial charge in [0.15, 0.2) is 0 Å². The summed E-state index contributed by atoms with van der Waals surface area (Å²) in [5, 5.41) is 14.2. The molecule has 1 unspecified atom stereocenters. The molecule has 0 radical (unpaired) electrons. The molecule has 0 spiro atoms. The van der Waals surface area contributed by atoms with Gasteiger partial charge < -0.3 is 5.32 Å². The van der Waals surface area contributed by atoms with Crippen molar-refractivity contribution in [3.63, 3.8) is 0 Å². The molecule has 0 amide bonds. The molecule has 0 fully saturated rings. The van der Waals surface area contributed by atoms with Crippen LogP contribution in [0.1, 0.15) is 45.1 Å². The van der Waals surface area contributed by atoms with Crippen LogP contribution >= 0.6 is 15.9 Å². The number of benzene rings is 1. The third kappa shape index (κ3) is 5.70. The first-order valence-electron chi connectivity index (χ1n) is 6.70. The van der Waals surface area contributed by atoms with Gasteiger partial charge in [-0.3, -0.25) is 10.1 Å². The summed E-state index contributed by atoms with van der Waals surface area (Å²) < 4.78 is 0.525. The van der Waals surface area contributed by atoms with Gasteiger partial charge in [0.1, 0.15) is 0 Å². The first-order valence-corrected chi connectivity index (χ1v) is 7.50. The number of nitro groups is 1. The normalized spacial score (nSPS) is 12.4. The van der Waals surface area contributed by atoms with Crippen LogP contribution in [0.3, 0.4) is 0 Å². The molecule has 1 atom stereocenters. The number of nitrogens with zero attached hydrogens (tertiary/aromatic N) is 1. The summed E-state index contributed by atoms with van der Waals surface area (Å²) >= 11 is 3.19. The number of nitro benzene ring substituents is 1. The fraction of sp³-hybridized carbons (Fsp3) is 0.571. The number of unbranched alkanes of at least 4 members (excludes halogenated alkanes) is 2. The molecule has 1 aromatic carbocycles.